The third kappa shape index (κ3) is 38.1. The maximum Gasteiger partial charge on any atom is 0.249 e. The third-order valence-electron chi connectivity index (χ3n) is 11.3. The van der Waals surface area contributed by atoms with E-state index in [1.807, 2.05) is 0 Å². The van der Waals surface area contributed by atoms with Crippen LogP contribution in [0.15, 0.2) is 36.5 Å². The number of allylic oxidation sites excluding steroid dienone is 6. The summed E-state index contributed by atoms with van der Waals surface area (Å²) in [6.07, 6.45) is 53.3. The highest BCUT2D eigenvalue weighted by Gasteiger charge is 2.28. The molecule has 4 atom stereocenters. The average molecular weight is 790 g/mol. The molecule has 6 heteroatoms. The van der Waals surface area contributed by atoms with Crippen LogP contribution >= 0.6 is 0 Å². The van der Waals surface area contributed by atoms with Crippen molar-refractivity contribution in [3.63, 3.8) is 0 Å². The van der Waals surface area contributed by atoms with Crippen LogP contribution < -0.4 is 5.32 Å². The monoisotopic (exact) mass is 790 g/mol. The Morgan fingerprint density at radius 2 is 0.750 bits per heavy atom. The minimum absolute atomic E-state index is 0.355. The van der Waals surface area contributed by atoms with Gasteiger partial charge in [-0.15, -0.1) is 0 Å². The molecule has 0 saturated carbocycles. The molecule has 0 rings (SSSR count). The summed E-state index contributed by atoms with van der Waals surface area (Å²) < 4.78 is 0. The second-order valence-electron chi connectivity index (χ2n) is 16.8. The van der Waals surface area contributed by atoms with Crippen LogP contribution in [0, 0.1) is 0 Å². The molecule has 0 aliphatic rings. The van der Waals surface area contributed by atoms with Gasteiger partial charge in [0.2, 0.25) is 5.91 Å². The van der Waals surface area contributed by atoms with Crippen molar-refractivity contribution in [1.29, 1.82) is 0 Å². The summed E-state index contributed by atoms with van der Waals surface area (Å²) >= 11 is 0. The second kappa shape index (κ2) is 44.6. The fourth-order valence-corrected chi connectivity index (χ4v) is 7.42. The molecule has 6 nitrogen and oxygen atoms in total. The van der Waals surface area contributed by atoms with E-state index < -0.39 is 36.9 Å². The first-order chi connectivity index (χ1) is 27.5. The maximum atomic E-state index is 12.5. The van der Waals surface area contributed by atoms with Crippen LogP contribution in [-0.4, -0.2) is 57.3 Å². The van der Waals surface area contributed by atoms with E-state index >= 15 is 0 Å². The van der Waals surface area contributed by atoms with Crippen LogP contribution in [-0.2, 0) is 4.79 Å². The minimum atomic E-state index is -1.29. The summed E-state index contributed by atoms with van der Waals surface area (Å²) in [5.74, 6) is -0.600. The van der Waals surface area contributed by atoms with Crippen LogP contribution in [0.2, 0.25) is 0 Å². The molecule has 0 aromatic carbocycles. The van der Waals surface area contributed by atoms with Gasteiger partial charge in [-0.1, -0.05) is 204 Å². The number of amides is 1. The van der Waals surface area contributed by atoms with Crippen molar-refractivity contribution in [3.05, 3.63) is 36.5 Å². The molecular formula is C50H95NO5. The lowest BCUT2D eigenvalue weighted by Crippen LogP contribution is -2.53. The highest BCUT2D eigenvalue weighted by molar-refractivity contribution is 5.80. The Kier molecular flexibility index (Phi) is 43.5. The highest BCUT2D eigenvalue weighted by Crippen LogP contribution is 2.15. The first-order valence-corrected chi connectivity index (χ1v) is 24.4. The SMILES string of the molecule is CCCCCCCCCC/C=C/CC/C=C/CCCC(O)C(O)C(CO)NC(=O)C(O)CCCCCCCCC/C=C\CCCCCCCCCCCCCC. The van der Waals surface area contributed by atoms with Gasteiger partial charge in [0.25, 0.3) is 0 Å². The topological polar surface area (TPSA) is 110 Å². The number of aliphatic hydroxyl groups is 4. The van der Waals surface area contributed by atoms with Crippen LogP contribution in [0.5, 0.6) is 0 Å². The van der Waals surface area contributed by atoms with Crippen LogP contribution in [0.1, 0.15) is 245 Å². The molecule has 0 saturated heterocycles. The predicted octanol–water partition coefficient (Wildman–Crippen LogP) is 13.3. The number of carbonyl (C=O) groups is 1. The fraction of sp³-hybridized carbons (Fsp3) is 0.860. The normalized spacial score (nSPS) is 14.3. The maximum absolute atomic E-state index is 12.5. The van der Waals surface area contributed by atoms with Gasteiger partial charge >= 0.3 is 0 Å². The molecule has 56 heavy (non-hydrogen) atoms. The van der Waals surface area contributed by atoms with E-state index in [-0.39, 0.29) is 0 Å². The summed E-state index contributed by atoms with van der Waals surface area (Å²) in [7, 11) is 0. The number of rotatable bonds is 44. The molecule has 0 aromatic rings. The summed E-state index contributed by atoms with van der Waals surface area (Å²) in [6, 6.07) is -1.01. The van der Waals surface area contributed by atoms with Gasteiger partial charge in [-0.25, -0.2) is 0 Å². The van der Waals surface area contributed by atoms with Crippen molar-refractivity contribution in [1.82, 2.24) is 5.32 Å². The molecule has 330 valence electrons. The number of aliphatic hydroxyl groups excluding tert-OH is 4. The van der Waals surface area contributed by atoms with Crippen LogP contribution in [0.25, 0.3) is 0 Å². The number of hydrogen-bond acceptors (Lipinski definition) is 5. The van der Waals surface area contributed by atoms with E-state index in [4.69, 9.17) is 0 Å². The summed E-state index contributed by atoms with van der Waals surface area (Å²) in [5.41, 5.74) is 0. The zero-order valence-corrected chi connectivity index (χ0v) is 37.1. The van der Waals surface area contributed by atoms with E-state index in [1.165, 1.54) is 173 Å². The van der Waals surface area contributed by atoms with Gasteiger partial charge in [0.1, 0.15) is 12.2 Å². The quantitative estimate of drug-likeness (QED) is 0.0312. The molecule has 0 aliphatic heterocycles. The van der Waals surface area contributed by atoms with E-state index in [0.717, 1.165) is 38.5 Å². The Labute approximate surface area is 347 Å². The molecule has 0 fully saturated rings. The van der Waals surface area contributed by atoms with Crippen LogP contribution in [0.4, 0.5) is 0 Å². The van der Waals surface area contributed by atoms with Crippen molar-refractivity contribution in [2.45, 2.75) is 269 Å². The summed E-state index contributed by atoms with van der Waals surface area (Å²) in [5, 5.41) is 43.7. The van der Waals surface area contributed by atoms with Gasteiger partial charge in [-0.05, 0) is 77.0 Å². The number of unbranched alkanes of at least 4 members (excludes halogenated alkanes) is 29. The molecule has 0 aliphatic carbocycles. The number of hydrogen-bond donors (Lipinski definition) is 5. The Morgan fingerprint density at radius 3 is 1.12 bits per heavy atom. The third-order valence-corrected chi connectivity index (χ3v) is 11.3. The number of carbonyl (C=O) groups excluding carboxylic acids is 1. The number of nitrogens with one attached hydrogen (secondary N) is 1. The van der Waals surface area contributed by atoms with Crippen molar-refractivity contribution in [2.75, 3.05) is 6.61 Å². The summed E-state index contributed by atoms with van der Waals surface area (Å²) in [6.45, 7) is 4.04. The lowest BCUT2D eigenvalue weighted by Gasteiger charge is -2.27. The van der Waals surface area contributed by atoms with E-state index in [0.29, 0.717) is 19.3 Å². The molecule has 0 aromatic heterocycles. The molecule has 1 amide bonds. The second-order valence-corrected chi connectivity index (χ2v) is 16.8. The molecular weight excluding hydrogens is 695 g/mol. The highest BCUT2D eigenvalue weighted by atomic mass is 16.3. The predicted molar refractivity (Wildman–Crippen MR) is 242 cm³/mol. The Hall–Kier alpha value is -1.47. The smallest absolute Gasteiger partial charge is 0.249 e. The largest absolute Gasteiger partial charge is 0.394 e. The Morgan fingerprint density at radius 1 is 0.429 bits per heavy atom. The van der Waals surface area contributed by atoms with E-state index in [9.17, 15) is 25.2 Å². The van der Waals surface area contributed by atoms with E-state index in [1.54, 1.807) is 0 Å². The van der Waals surface area contributed by atoms with Gasteiger partial charge in [-0.3, -0.25) is 4.79 Å². The first-order valence-electron chi connectivity index (χ1n) is 24.4. The minimum Gasteiger partial charge on any atom is -0.394 e. The summed E-state index contributed by atoms with van der Waals surface area (Å²) in [4.78, 5) is 12.5. The fourth-order valence-electron chi connectivity index (χ4n) is 7.42. The molecule has 5 N–H and O–H groups in total. The van der Waals surface area contributed by atoms with Gasteiger partial charge in [0.05, 0.1) is 18.8 Å². The lowest BCUT2D eigenvalue weighted by molar-refractivity contribution is -0.132. The lowest BCUT2D eigenvalue weighted by atomic mass is 10.00. The molecule has 0 spiro atoms. The Bertz CT molecular complexity index is 889. The van der Waals surface area contributed by atoms with Crippen molar-refractivity contribution in [2.24, 2.45) is 0 Å². The van der Waals surface area contributed by atoms with Crippen molar-refractivity contribution in [3.8, 4) is 0 Å². The first kappa shape index (κ1) is 54.5. The average Bonchev–Trinajstić information content (AvgIpc) is 3.20. The molecule has 0 radical (unpaired) electrons. The van der Waals surface area contributed by atoms with Gasteiger partial charge in [0.15, 0.2) is 0 Å². The zero-order valence-electron chi connectivity index (χ0n) is 37.1. The zero-order chi connectivity index (χ0) is 41.0. The van der Waals surface area contributed by atoms with Gasteiger partial charge in [0, 0.05) is 0 Å². The molecule has 0 heterocycles. The van der Waals surface area contributed by atoms with E-state index in [2.05, 4.69) is 55.6 Å². The van der Waals surface area contributed by atoms with Crippen molar-refractivity contribution >= 4 is 5.91 Å². The van der Waals surface area contributed by atoms with Gasteiger partial charge in [-0.2, -0.15) is 0 Å². The van der Waals surface area contributed by atoms with Gasteiger partial charge < -0.3 is 25.7 Å². The van der Waals surface area contributed by atoms with Crippen molar-refractivity contribution < 1.29 is 25.2 Å². The Balaban J connectivity index is 3.75. The molecule has 0 bridgehead atoms. The standard InChI is InChI=1S/C50H95NO5/c1-3-5-7-9-11-13-15-17-19-21-22-23-24-25-26-28-30-32-34-36-38-40-42-44-48(54)50(56)51-46(45-52)49(55)47(53)43-41-39-37-35-33-31-29-27-20-18-16-14-12-10-8-6-4-2/h25-27,29,35,37,46-49,52-55H,3-24,28,30-34,36,38-45H2,1-2H3,(H,51,56)/b26-25-,29-27+,37-35+. The van der Waals surface area contributed by atoms with Crippen LogP contribution in [0.3, 0.4) is 0 Å². The molecule has 4 unspecified atom stereocenters.